The maximum absolute atomic E-state index is 10.7. The quantitative estimate of drug-likeness (QED) is 0.657. The van der Waals surface area contributed by atoms with Crippen molar-refractivity contribution in [3.05, 3.63) is 0 Å². The van der Waals surface area contributed by atoms with Crippen LogP contribution in [-0.2, 0) is 4.79 Å². The molecule has 0 amide bonds. The monoisotopic (exact) mass is 215 g/mol. The highest BCUT2D eigenvalue weighted by atomic mass is 16.4. The molecule has 1 fully saturated rings. The number of hydrogen-bond acceptors (Lipinski definition) is 3. The second-order valence-corrected chi connectivity index (χ2v) is 4.28. The van der Waals surface area contributed by atoms with Gasteiger partial charge in [0, 0.05) is 6.04 Å². The zero-order chi connectivity index (χ0) is 11.1. The fraction of sp³-hybridized carbons (Fsp3) is 0.909. The van der Waals surface area contributed by atoms with Crippen molar-refractivity contribution in [1.82, 2.24) is 5.32 Å². The van der Waals surface area contributed by atoms with Gasteiger partial charge < -0.3 is 10.2 Å². The summed E-state index contributed by atoms with van der Waals surface area (Å²) >= 11 is 0. The van der Waals surface area contributed by atoms with Crippen LogP contribution in [0.5, 0.6) is 0 Å². The lowest BCUT2D eigenvalue weighted by molar-refractivity contribution is -0.140. The summed E-state index contributed by atoms with van der Waals surface area (Å²) in [5.74, 6) is -0.959. The number of carbonyl (C=O) groups is 1. The average Bonchev–Trinajstić information content (AvgIpc) is 2.15. The Balaban J connectivity index is 2.36. The van der Waals surface area contributed by atoms with Crippen molar-refractivity contribution in [2.24, 2.45) is 0 Å². The molecule has 0 aromatic carbocycles. The lowest BCUT2D eigenvalue weighted by Gasteiger charge is -2.24. The van der Waals surface area contributed by atoms with E-state index in [9.17, 15) is 4.79 Å². The smallest absolute Gasteiger partial charge is 0.323 e. The molecule has 0 aromatic heterocycles. The zero-order valence-electron chi connectivity index (χ0n) is 9.11. The number of aliphatic hydroxyl groups excluding tert-OH is 1. The number of hydrogen-bond donors (Lipinski definition) is 3. The first kappa shape index (κ1) is 12.5. The molecule has 88 valence electrons. The lowest BCUT2D eigenvalue weighted by Crippen LogP contribution is -2.45. The molecule has 1 aliphatic carbocycles. The molecule has 1 rings (SSSR count). The van der Waals surface area contributed by atoms with Gasteiger partial charge in [-0.1, -0.05) is 32.1 Å². The van der Waals surface area contributed by atoms with E-state index in [-0.39, 0.29) is 12.6 Å². The topological polar surface area (TPSA) is 69.6 Å². The Hall–Kier alpha value is -0.610. The summed E-state index contributed by atoms with van der Waals surface area (Å²) in [4.78, 5) is 10.7. The van der Waals surface area contributed by atoms with Crippen LogP contribution >= 0.6 is 0 Å². The fourth-order valence-electron chi connectivity index (χ4n) is 2.11. The SMILES string of the molecule is O=C(O)C(CO)NC1CCCCCCC1. The second kappa shape index (κ2) is 6.80. The Morgan fingerprint density at radius 1 is 1.20 bits per heavy atom. The molecule has 0 aromatic rings. The Morgan fingerprint density at radius 3 is 2.20 bits per heavy atom. The van der Waals surface area contributed by atoms with E-state index in [0.29, 0.717) is 0 Å². The van der Waals surface area contributed by atoms with E-state index in [1.165, 1.54) is 19.3 Å². The molecule has 0 bridgehead atoms. The summed E-state index contributed by atoms with van der Waals surface area (Å²) in [6, 6.07) is -0.534. The van der Waals surface area contributed by atoms with Gasteiger partial charge in [0.15, 0.2) is 0 Å². The van der Waals surface area contributed by atoms with Gasteiger partial charge >= 0.3 is 5.97 Å². The van der Waals surface area contributed by atoms with E-state index in [1.54, 1.807) is 0 Å². The molecule has 1 atom stereocenters. The molecular weight excluding hydrogens is 194 g/mol. The summed E-state index contributed by atoms with van der Waals surface area (Å²) in [6.45, 7) is -0.328. The maximum atomic E-state index is 10.7. The van der Waals surface area contributed by atoms with Crippen molar-refractivity contribution in [3.8, 4) is 0 Å². The highest BCUT2D eigenvalue weighted by molar-refractivity contribution is 5.73. The van der Waals surface area contributed by atoms with Gasteiger partial charge in [0.05, 0.1) is 6.61 Å². The Kier molecular flexibility index (Phi) is 5.65. The first-order chi connectivity index (χ1) is 7.24. The summed E-state index contributed by atoms with van der Waals surface area (Å²) in [5, 5.41) is 20.7. The van der Waals surface area contributed by atoms with Crippen molar-refractivity contribution in [1.29, 1.82) is 0 Å². The van der Waals surface area contributed by atoms with Gasteiger partial charge in [-0.2, -0.15) is 0 Å². The van der Waals surface area contributed by atoms with Crippen molar-refractivity contribution >= 4 is 5.97 Å². The van der Waals surface area contributed by atoms with E-state index in [2.05, 4.69) is 5.32 Å². The number of rotatable bonds is 4. The van der Waals surface area contributed by atoms with Crippen LogP contribution in [0.1, 0.15) is 44.9 Å². The Labute approximate surface area is 90.7 Å². The second-order valence-electron chi connectivity index (χ2n) is 4.28. The van der Waals surface area contributed by atoms with E-state index in [4.69, 9.17) is 10.2 Å². The number of nitrogens with one attached hydrogen (secondary N) is 1. The third-order valence-corrected chi connectivity index (χ3v) is 3.02. The minimum atomic E-state index is -0.959. The van der Waals surface area contributed by atoms with Gasteiger partial charge in [0.2, 0.25) is 0 Å². The van der Waals surface area contributed by atoms with Crippen LogP contribution in [0, 0.1) is 0 Å². The minimum absolute atomic E-state index is 0.263. The van der Waals surface area contributed by atoms with Crippen LogP contribution in [0.2, 0.25) is 0 Å². The van der Waals surface area contributed by atoms with Crippen LogP contribution in [0.3, 0.4) is 0 Å². The zero-order valence-corrected chi connectivity index (χ0v) is 9.11. The van der Waals surface area contributed by atoms with Crippen LogP contribution in [0.15, 0.2) is 0 Å². The first-order valence-corrected chi connectivity index (χ1v) is 5.83. The van der Waals surface area contributed by atoms with Crippen molar-refractivity contribution in [2.75, 3.05) is 6.61 Å². The Bertz CT molecular complexity index is 188. The number of carboxylic acid groups (broad SMARTS) is 1. The molecule has 4 nitrogen and oxygen atoms in total. The fourth-order valence-corrected chi connectivity index (χ4v) is 2.11. The molecular formula is C11H21NO3. The average molecular weight is 215 g/mol. The molecule has 0 heterocycles. The molecule has 0 spiro atoms. The number of aliphatic hydroxyl groups is 1. The third-order valence-electron chi connectivity index (χ3n) is 3.02. The highest BCUT2D eigenvalue weighted by Crippen LogP contribution is 2.17. The predicted octanol–water partition coefficient (Wildman–Crippen LogP) is 1.13. The summed E-state index contributed by atoms with van der Waals surface area (Å²) in [6.07, 6.45) is 8.18. The van der Waals surface area contributed by atoms with Crippen LogP contribution < -0.4 is 5.32 Å². The maximum Gasteiger partial charge on any atom is 0.323 e. The van der Waals surface area contributed by atoms with Gasteiger partial charge in [-0.15, -0.1) is 0 Å². The Morgan fingerprint density at radius 2 is 1.73 bits per heavy atom. The van der Waals surface area contributed by atoms with Gasteiger partial charge in [-0.3, -0.25) is 10.1 Å². The largest absolute Gasteiger partial charge is 0.480 e. The molecule has 15 heavy (non-hydrogen) atoms. The van der Waals surface area contributed by atoms with E-state index in [1.807, 2.05) is 0 Å². The standard InChI is InChI=1S/C11H21NO3/c13-8-10(11(14)15)12-9-6-4-2-1-3-5-7-9/h9-10,12-13H,1-8H2,(H,14,15). The van der Waals surface area contributed by atoms with Gasteiger partial charge in [0.1, 0.15) is 6.04 Å². The van der Waals surface area contributed by atoms with Crippen LogP contribution in [0.4, 0.5) is 0 Å². The lowest BCUT2D eigenvalue weighted by atomic mass is 9.96. The number of carboxylic acids is 1. The molecule has 0 aliphatic heterocycles. The van der Waals surface area contributed by atoms with E-state index < -0.39 is 12.0 Å². The normalized spacial score (nSPS) is 21.7. The third kappa shape index (κ3) is 4.62. The molecule has 4 heteroatoms. The van der Waals surface area contributed by atoms with Crippen molar-refractivity contribution < 1.29 is 15.0 Å². The highest BCUT2D eigenvalue weighted by Gasteiger charge is 2.20. The minimum Gasteiger partial charge on any atom is -0.480 e. The van der Waals surface area contributed by atoms with Crippen LogP contribution in [0.25, 0.3) is 0 Å². The van der Waals surface area contributed by atoms with Gasteiger partial charge in [0.25, 0.3) is 0 Å². The van der Waals surface area contributed by atoms with Gasteiger partial charge in [-0.05, 0) is 12.8 Å². The molecule has 0 radical (unpaired) electrons. The number of aliphatic carboxylic acids is 1. The van der Waals surface area contributed by atoms with E-state index >= 15 is 0 Å². The molecule has 1 unspecified atom stereocenters. The van der Waals surface area contributed by atoms with Crippen molar-refractivity contribution in [3.63, 3.8) is 0 Å². The van der Waals surface area contributed by atoms with Gasteiger partial charge in [-0.25, -0.2) is 0 Å². The van der Waals surface area contributed by atoms with E-state index in [0.717, 1.165) is 25.7 Å². The molecule has 3 N–H and O–H groups in total. The first-order valence-electron chi connectivity index (χ1n) is 5.83. The molecule has 1 saturated carbocycles. The van der Waals surface area contributed by atoms with Crippen molar-refractivity contribution in [2.45, 2.75) is 57.0 Å². The van der Waals surface area contributed by atoms with Crippen LogP contribution in [-0.4, -0.2) is 34.9 Å². The summed E-state index contributed by atoms with van der Waals surface area (Å²) in [5.41, 5.74) is 0. The summed E-state index contributed by atoms with van der Waals surface area (Å²) in [7, 11) is 0. The molecule has 0 saturated heterocycles. The molecule has 1 aliphatic rings. The summed E-state index contributed by atoms with van der Waals surface area (Å²) < 4.78 is 0. The predicted molar refractivity (Wildman–Crippen MR) is 57.8 cm³/mol.